The Morgan fingerprint density at radius 3 is 2.77 bits per heavy atom. The molecule has 22 heavy (non-hydrogen) atoms. The summed E-state index contributed by atoms with van der Waals surface area (Å²) in [5.41, 5.74) is 0.0670. The maximum Gasteiger partial charge on any atom is 0.222 e. The molecule has 0 radical (unpaired) electrons. The third-order valence-corrected chi connectivity index (χ3v) is 5.23. The van der Waals surface area contributed by atoms with E-state index in [2.05, 4.69) is 26.8 Å². The molecule has 3 heterocycles. The van der Waals surface area contributed by atoms with Gasteiger partial charge in [-0.2, -0.15) is 0 Å². The van der Waals surface area contributed by atoms with Crippen LogP contribution in [0.15, 0.2) is 12.3 Å². The van der Waals surface area contributed by atoms with E-state index in [0.29, 0.717) is 6.42 Å². The second-order valence-electron chi connectivity index (χ2n) is 6.59. The highest BCUT2D eigenvalue weighted by Gasteiger charge is 2.42. The van der Waals surface area contributed by atoms with Gasteiger partial charge in [0.2, 0.25) is 5.91 Å². The van der Waals surface area contributed by atoms with Gasteiger partial charge in [0, 0.05) is 51.4 Å². The predicted octanol–water partition coefficient (Wildman–Crippen LogP) is 0.918. The number of hydrogen-bond acceptors (Lipinski definition) is 5. The monoisotopic (exact) mass is 303 g/mol. The number of likely N-dealkylation sites (N-methyl/N-ethyl adjacent to an activating group) is 1. The first kappa shape index (κ1) is 15.2. The molecule has 2 fully saturated rings. The van der Waals surface area contributed by atoms with Crippen molar-refractivity contribution in [2.45, 2.75) is 31.7 Å². The minimum atomic E-state index is 0.0670. The minimum absolute atomic E-state index is 0.0670. The molecule has 6 heteroatoms. The Morgan fingerprint density at radius 1 is 1.18 bits per heavy atom. The van der Waals surface area contributed by atoms with Gasteiger partial charge in [-0.3, -0.25) is 9.69 Å². The molecule has 1 atom stereocenters. The van der Waals surface area contributed by atoms with Crippen molar-refractivity contribution in [2.75, 3.05) is 45.2 Å². The van der Waals surface area contributed by atoms with Crippen molar-refractivity contribution in [3.8, 4) is 0 Å². The molecule has 0 bridgehead atoms. The number of rotatable bonds is 1. The average molecular weight is 303 g/mol. The zero-order valence-electron chi connectivity index (χ0n) is 13.7. The summed E-state index contributed by atoms with van der Waals surface area (Å²) >= 11 is 0. The molecule has 6 nitrogen and oxygen atoms in total. The topological polar surface area (TPSA) is 52.6 Å². The van der Waals surface area contributed by atoms with Crippen molar-refractivity contribution in [2.24, 2.45) is 0 Å². The quantitative estimate of drug-likeness (QED) is 0.772. The van der Waals surface area contributed by atoms with E-state index in [1.165, 1.54) is 0 Å². The van der Waals surface area contributed by atoms with Crippen LogP contribution in [0, 0.1) is 6.92 Å². The number of nitrogens with zero attached hydrogens (tertiary/aromatic N) is 5. The number of likely N-dealkylation sites (tertiary alicyclic amines) is 1. The third-order valence-electron chi connectivity index (χ3n) is 5.23. The van der Waals surface area contributed by atoms with Gasteiger partial charge < -0.3 is 9.80 Å². The second-order valence-corrected chi connectivity index (χ2v) is 6.59. The van der Waals surface area contributed by atoms with Crippen molar-refractivity contribution in [3.05, 3.63) is 18.1 Å². The number of piperazine rings is 1. The van der Waals surface area contributed by atoms with Gasteiger partial charge in [0.1, 0.15) is 11.6 Å². The van der Waals surface area contributed by atoms with Crippen LogP contribution in [0.25, 0.3) is 0 Å². The Morgan fingerprint density at radius 2 is 2.00 bits per heavy atom. The maximum atomic E-state index is 12.0. The smallest absolute Gasteiger partial charge is 0.222 e. The molecule has 120 valence electrons. The summed E-state index contributed by atoms with van der Waals surface area (Å²) in [6.45, 7) is 5.66. The fraction of sp³-hybridized carbons (Fsp3) is 0.688. The molecule has 1 aromatic rings. The van der Waals surface area contributed by atoms with E-state index in [4.69, 9.17) is 0 Å². The van der Waals surface area contributed by atoms with Gasteiger partial charge in [-0.15, -0.1) is 0 Å². The largest absolute Gasteiger partial charge is 0.353 e. The normalized spacial score (nSPS) is 27.3. The summed E-state index contributed by atoms with van der Waals surface area (Å²) in [5, 5.41) is 0. The molecule has 2 aliphatic heterocycles. The Labute approximate surface area is 132 Å². The summed E-state index contributed by atoms with van der Waals surface area (Å²) in [5.74, 6) is 2.07. The molecular weight excluding hydrogens is 278 g/mol. The van der Waals surface area contributed by atoms with E-state index < -0.39 is 0 Å². The van der Waals surface area contributed by atoms with E-state index in [-0.39, 0.29) is 11.4 Å². The molecule has 1 amide bonds. The molecule has 0 saturated carbocycles. The van der Waals surface area contributed by atoms with Gasteiger partial charge in [-0.1, -0.05) is 0 Å². The van der Waals surface area contributed by atoms with Crippen LogP contribution in [0.4, 0.5) is 5.82 Å². The summed E-state index contributed by atoms with van der Waals surface area (Å²) in [4.78, 5) is 27.4. The zero-order valence-corrected chi connectivity index (χ0v) is 13.7. The van der Waals surface area contributed by atoms with Crippen molar-refractivity contribution >= 4 is 11.7 Å². The lowest BCUT2D eigenvalue weighted by atomic mass is 9.86. The van der Waals surface area contributed by atoms with Gasteiger partial charge >= 0.3 is 0 Å². The highest BCUT2D eigenvalue weighted by molar-refractivity contribution is 5.76. The Hall–Kier alpha value is -1.69. The molecular formula is C16H25N5O. The Balaban J connectivity index is 1.83. The fourth-order valence-corrected chi connectivity index (χ4v) is 3.57. The molecule has 2 saturated heterocycles. The predicted molar refractivity (Wildman–Crippen MR) is 85.8 cm³/mol. The number of anilines is 1. The molecule has 0 unspecified atom stereocenters. The lowest BCUT2D eigenvalue weighted by Gasteiger charge is -2.49. The molecule has 1 aromatic heterocycles. The first-order valence-corrected chi connectivity index (χ1v) is 8.00. The molecule has 3 rings (SSSR count). The van der Waals surface area contributed by atoms with Crippen molar-refractivity contribution in [3.63, 3.8) is 0 Å². The van der Waals surface area contributed by atoms with E-state index in [9.17, 15) is 4.79 Å². The van der Waals surface area contributed by atoms with E-state index in [1.807, 2.05) is 31.1 Å². The van der Waals surface area contributed by atoms with Crippen molar-refractivity contribution in [1.29, 1.82) is 0 Å². The van der Waals surface area contributed by atoms with Crippen LogP contribution in [0.2, 0.25) is 0 Å². The number of aryl methyl sites for hydroxylation is 1. The average Bonchev–Trinajstić information content (AvgIpc) is 2.65. The van der Waals surface area contributed by atoms with E-state index in [1.54, 1.807) is 0 Å². The van der Waals surface area contributed by atoms with E-state index in [0.717, 1.165) is 50.7 Å². The lowest BCUT2D eigenvalue weighted by Crippen LogP contribution is -2.61. The Bertz CT molecular complexity index is 563. The molecule has 2 aliphatic rings. The zero-order chi connectivity index (χ0) is 15.7. The number of amides is 1. The summed E-state index contributed by atoms with van der Waals surface area (Å²) < 4.78 is 0. The van der Waals surface area contributed by atoms with Gasteiger partial charge in [-0.05, 0) is 32.9 Å². The van der Waals surface area contributed by atoms with Gasteiger partial charge in [0.15, 0.2) is 0 Å². The number of carbonyl (C=O) groups excluding carboxylic acids is 1. The number of carbonyl (C=O) groups is 1. The van der Waals surface area contributed by atoms with Crippen LogP contribution in [-0.4, -0.2) is 71.5 Å². The van der Waals surface area contributed by atoms with Crippen LogP contribution in [0.1, 0.15) is 25.1 Å². The van der Waals surface area contributed by atoms with Crippen LogP contribution >= 0.6 is 0 Å². The number of hydrogen-bond donors (Lipinski definition) is 0. The van der Waals surface area contributed by atoms with Crippen molar-refractivity contribution < 1.29 is 4.79 Å². The highest BCUT2D eigenvalue weighted by atomic mass is 16.2. The molecule has 0 aliphatic carbocycles. The Kier molecular flexibility index (Phi) is 4.04. The van der Waals surface area contributed by atoms with Crippen LogP contribution in [0.5, 0.6) is 0 Å². The molecule has 0 aromatic carbocycles. The summed E-state index contributed by atoms with van der Waals surface area (Å²) in [6.07, 6.45) is 4.41. The van der Waals surface area contributed by atoms with Gasteiger partial charge in [-0.25, -0.2) is 9.97 Å². The second kappa shape index (κ2) is 5.83. The molecule has 1 spiro atoms. The lowest BCUT2D eigenvalue weighted by molar-refractivity contribution is -0.129. The van der Waals surface area contributed by atoms with Crippen LogP contribution < -0.4 is 4.90 Å². The number of aromatic nitrogens is 2. The first-order chi connectivity index (χ1) is 10.5. The fourth-order valence-electron chi connectivity index (χ4n) is 3.57. The first-order valence-electron chi connectivity index (χ1n) is 8.00. The van der Waals surface area contributed by atoms with Gasteiger partial charge in [0.05, 0.1) is 0 Å². The standard InChI is InChI=1S/C16H25N5O/c1-13-17-8-5-14(18-13)21-11-10-20(3)16(12-21)6-4-15(22)19(2)9-7-16/h5,8H,4,6-7,9-12H2,1-3H3/t16-/m0/s1. The van der Waals surface area contributed by atoms with Crippen LogP contribution in [-0.2, 0) is 4.79 Å². The summed E-state index contributed by atoms with van der Waals surface area (Å²) in [6, 6.07) is 1.99. The third kappa shape index (κ3) is 2.79. The molecule has 0 N–H and O–H groups in total. The minimum Gasteiger partial charge on any atom is -0.353 e. The van der Waals surface area contributed by atoms with Gasteiger partial charge in [0.25, 0.3) is 0 Å². The SMILES string of the molecule is Cc1nccc(N2CCN(C)[C@]3(CCC(=O)N(C)CC3)C2)n1. The van der Waals surface area contributed by atoms with Crippen molar-refractivity contribution in [1.82, 2.24) is 19.8 Å². The summed E-state index contributed by atoms with van der Waals surface area (Å²) in [7, 11) is 4.11. The van der Waals surface area contributed by atoms with E-state index >= 15 is 0 Å². The van der Waals surface area contributed by atoms with Crippen LogP contribution in [0.3, 0.4) is 0 Å². The maximum absolute atomic E-state index is 12.0. The highest BCUT2D eigenvalue weighted by Crippen LogP contribution is 2.33.